The van der Waals surface area contributed by atoms with Crippen LogP contribution in [0.25, 0.3) is 44.2 Å². The number of likely N-dealkylation sites (tertiary alicyclic amines) is 2. The second kappa shape index (κ2) is 12.9. The maximum atomic E-state index is 13.6. The van der Waals surface area contributed by atoms with E-state index < -0.39 is 12.1 Å². The molecule has 2 saturated heterocycles. The molecule has 11 heteroatoms. The van der Waals surface area contributed by atoms with Crippen LogP contribution in [0.4, 0.5) is 4.79 Å². The lowest BCUT2D eigenvalue weighted by Gasteiger charge is -2.28. The zero-order valence-electron chi connectivity index (χ0n) is 28.9. The van der Waals surface area contributed by atoms with E-state index in [4.69, 9.17) is 14.7 Å². The van der Waals surface area contributed by atoms with Crippen LogP contribution in [0.3, 0.4) is 0 Å². The molecule has 0 radical (unpaired) electrons. The summed E-state index contributed by atoms with van der Waals surface area (Å²) in [5.41, 5.74) is 6.06. The monoisotopic (exact) mass is 685 g/mol. The first-order chi connectivity index (χ1) is 24.9. The number of carbonyl (C=O) groups excluding carboxylic acids is 3. The molecule has 2 saturated carbocycles. The standard InChI is InChI=1S/C40H43N7O4/c1-51-40(50)45-36(24-8-9-24)39(49)47-17-3-4-33(47)37-41-22-32(44-37)29-13-12-25-19-26(10-11-27(25)20-29)28-14-15-30-31(21-28)43-38(42-30)34-5-2-16-46(34)35(48)18-23-6-7-23/h10-15,19-24,33-34,36H,2-9,16-18H2,1H3,(H,41,44)(H,42,43)(H,45,50)/t33-,34-,36-/m0/s1. The molecule has 0 unspecified atom stereocenters. The van der Waals surface area contributed by atoms with E-state index in [9.17, 15) is 14.4 Å². The lowest BCUT2D eigenvalue weighted by Crippen LogP contribution is -2.49. The van der Waals surface area contributed by atoms with E-state index in [1.54, 1.807) is 0 Å². The zero-order valence-corrected chi connectivity index (χ0v) is 28.9. The Morgan fingerprint density at radius 2 is 1.51 bits per heavy atom. The van der Waals surface area contributed by atoms with Gasteiger partial charge in [-0.15, -0.1) is 0 Å². The van der Waals surface area contributed by atoms with Crippen LogP contribution in [0.15, 0.2) is 60.8 Å². The predicted octanol–water partition coefficient (Wildman–Crippen LogP) is 7.03. The van der Waals surface area contributed by atoms with Crippen molar-refractivity contribution in [2.75, 3.05) is 20.2 Å². The first kappa shape index (κ1) is 31.8. The average Bonchev–Trinajstić information content (AvgIpc) is 3.86. The number of amides is 3. The number of nitrogens with zero attached hydrogens (tertiary/aromatic N) is 4. The van der Waals surface area contributed by atoms with E-state index in [1.807, 2.05) is 16.0 Å². The van der Waals surface area contributed by atoms with Crippen molar-refractivity contribution in [3.63, 3.8) is 0 Å². The van der Waals surface area contributed by atoms with Crippen LogP contribution in [0, 0.1) is 11.8 Å². The number of H-pyrrole nitrogens is 2. The van der Waals surface area contributed by atoms with Gasteiger partial charge < -0.3 is 29.8 Å². The fraction of sp³-hybridized carbons (Fsp3) is 0.425. The maximum absolute atomic E-state index is 13.6. The number of imidazole rings is 2. The number of rotatable bonds is 9. The molecule has 3 aromatic carbocycles. The molecule has 0 spiro atoms. The van der Waals surface area contributed by atoms with E-state index in [2.05, 4.69) is 69.9 Å². The highest BCUT2D eigenvalue weighted by Crippen LogP contribution is 2.39. The minimum Gasteiger partial charge on any atom is -0.453 e. The summed E-state index contributed by atoms with van der Waals surface area (Å²) in [5.74, 6) is 2.61. The third-order valence-electron chi connectivity index (χ3n) is 11.3. The number of benzene rings is 3. The Balaban J connectivity index is 0.915. The van der Waals surface area contributed by atoms with Crippen molar-refractivity contribution in [3.05, 3.63) is 72.4 Å². The molecule has 2 aliphatic heterocycles. The third kappa shape index (κ3) is 6.23. The molecule has 11 nitrogen and oxygen atoms in total. The SMILES string of the molecule is COC(=O)N[C@H](C(=O)N1CCC[C@H]1c1ncc(-c2ccc3cc(-c4ccc5nc([C@@H]6CCCN6C(=O)CC6CC6)[nH]c5c4)ccc3c2)[nH]1)C1CC1. The summed E-state index contributed by atoms with van der Waals surface area (Å²) in [6, 6.07) is 18.6. The highest BCUT2D eigenvalue weighted by Gasteiger charge is 2.43. The number of fused-ring (bicyclic) bond motifs is 2. The Morgan fingerprint density at radius 3 is 2.25 bits per heavy atom. The van der Waals surface area contributed by atoms with Gasteiger partial charge in [-0.25, -0.2) is 14.8 Å². The van der Waals surface area contributed by atoms with Crippen LogP contribution in [0.2, 0.25) is 0 Å². The number of carbonyl (C=O) groups is 3. The number of aromatic amines is 2. The van der Waals surface area contributed by atoms with Gasteiger partial charge in [0.15, 0.2) is 0 Å². The summed E-state index contributed by atoms with van der Waals surface area (Å²) in [7, 11) is 1.32. The van der Waals surface area contributed by atoms with E-state index in [0.29, 0.717) is 18.9 Å². The van der Waals surface area contributed by atoms with Crippen LogP contribution < -0.4 is 5.32 Å². The molecule has 2 aliphatic carbocycles. The molecular formula is C40H43N7O4. The molecule has 0 bridgehead atoms. The quantitative estimate of drug-likeness (QED) is 0.152. The largest absolute Gasteiger partial charge is 0.453 e. The summed E-state index contributed by atoms with van der Waals surface area (Å²) in [6.45, 7) is 1.45. The Labute approximate surface area is 296 Å². The van der Waals surface area contributed by atoms with Gasteiger partial charge in [0.2, 0.25) is 11.8 Å². The highest BCUT2D eigenvalue weighted by atomic mass is 16.5. The van der Waals surface area contributed by atoms with Crippen molar-refractivity contribution in [1.29, 1.82) is 0 Å². The zero-order chi connectivity index (χ0) is 34.6. The molecule has 5 aromatic rings. The van der Waals surface area contributed by atoms with Gasteiger partial charge in [-0.05, 0) is 109 Å². The van der Waals surface area contributed by atoms with E-state index in [-0.39, 0.29) is 29.8 Å². The fourth-order valence-corrected chi connectivity index (χ4v) is 8.14. The first-order valence-corrected chi connectivity index (χ1v) is 18.5. The first-order valence-electron chi connectivity index (χ1n) is 18.5. The van der Waals surface area contributed by atoms with Gasteiger partial charge in [0.1, 0.15) is 17.7 Å². The maximum Gasteiger partial charge on any atom is 0.407 e. The minimum atomic E-state index is -0.572. The minimum absolute atomic E-state index is 0.0301. The lowest BCUT2D eigenvalue weighted by atomic mass is 9.99. The molecule has 3 amide bonds. The molecule has 3 atom stereocenters. The number of hydrogen-bond donors (Lipinski definition) is 3. The number of ether oxygens (including phenoxy) is 1. The number of methoxy groups -OCH3 is 1. The second-order valence-electron chi connectivity index (χ2n) is 14.8. The molecule has 51 heavy (non-hydrogen) atoms. The van der Waals surface area contributed by atoms with Gasteiger partial charge in [-0.2, -0.15) is 0 Å². The molecule has 4 aliphatic rings. The molecule has 3 N–H and O–H groups in total. The van der Waals surface area contributed by atoms with Gasteiger partial charge in [0.05, 0.1) is 42.1 Å². The van der Waals surface area contributed by atoms with Crippen molar-refractivity contribution in [3.8, 4) is 22.4 Å². The fourth-order valence-electron chi connectivity index (χ4n) is 8.14. The molecule has 262 valence electrons. The van der Waals surface area contributed by atoms with E-state index in [1.165, 1.54) is 20.0 Å². The molecule has 9 rings (SSSR count). The predicted molar refractivity (Wildman–Crippen MR) is 193 cm³/mol. The molecule has 4 fully saturated rings. The van der Waals surface area contributed by atoms with Gasteiger partial charge in [-0.3, -0.25) is 9.59 Å². The van der Waals surface area contributed by atoms with Gasteiger partial charge in [0.25, 0.3) is 0 Å². The van der Waals surface area contributed by atoms with Crippen LogP contribution in [0.5, 0.6) is 0 Å². The van der Waals surface area contributed by atoms with Crippen LogP contribution in [0.1, 0.15) is 81.5 Å². The summed E-state index contributed by atoms with van der Waals surface area (Å²) in [5, 5.41) is 5.02. The summed E-state index contributed by atoms with van der Waals surface area (Å²) >= 11 is 0. The second-order valence-corrected chi connectivity index (χ2v) is 14.8. The summed E-state index contributed by atoms with van der Waals surface area (Å²) in [4.78, 5) is 59.1. The lowest BCUT2D eigenvalue weighted by molar-refractivity contribution is -0.135. The molecule has 4 heterocycles. The topological polar surface area (TPSA) is 136 Å². The Hall–Kier alpha value is -5.19. The van der Waals surface area contributed by atoms with Gasteiger partial charge >= 0.3 is 6.09 Å². The summed E-state index contributed by atoms with van der Waals surface area (Å²) in [6.07, 6.45) is 9.84. The Bertz CT molecular complexity index is 2150. The van der Waals surface area contributed by atoms with Gasteiger partial charge in [-0.1, -0.05) is 30.3 Å². The van der Waals surface area contributed by atoms with Crippen LogP contribution in [-0.2, 0) is 14.3 Å². The van der Waals surface area contributed by atoms with E-state index >= 15 is 0 Å². The summed E-state index contributed by atoms with van der Waals surface area (Å²) < 4.78 is 4.79. The Morgan fingerprint density at radius 1 is 0.824 bits per heavy atom. The number of aromatic nitrogens is 4. The van der Waals surface area contributed by atoms with Crippen molar-refractivity contribution >= 4 is 39.7 Å². The Kier molecular flexibility index (Phi) is 8.00. The normalized spacial score (nSPS) is 21.0. The highest BCUT2D eigenvalue weighted by molar-refractivity contribution is 5.92. The number of nitrogens with one attached hydrogen (secondary N) is 3. The van der Waals surface area contributed by atoms with Crippen LogP contribution >= 0.6 is 0 Å². The number of hydrogen-bond acceptors (Lipinski definition) is 6. The van der Waals surface area contributed by atoms with Crippen molar-refractivity contribution in [2.45, 2.75) is 75.9 Å². The molecule has 2 aromatic heterocycles. The number of alkyl carbamates (subject to hydrolysis) is 1. The van der Waals surface area contributed by atoms with Crippen LogP contribution in [-0.4, -0.2) is 73.9 Å². The van der Waals surface area contributed by atoms with Crippen molar-refractivity contribution in [1.82, 2.24) is 35.1 Å². The van der Waals surface area contributed by atoms with Crippen molar-refractivity contribution < 1.29 is 19.1 Å². The third-order valence-corrected chi connectivity index (χ3v) is 11.3. The average molecular weight is 686 g/mol. The van der Waals surface area contributed by atoms with Gasteiger partial charge in [0, 0.05) is 25.1 Å². The molecular weight excluding hydrogens is 642 g/mol. The van der Waals surface area contributed by atoms with E-state index in [0.717, 1.165) is 101 Å². The smallest absolute Gasteiger partial charge is 0.407 e. The van der Waals surface area contributed by atoms with Crippen molar-refractivity contribution in [2.24, 2.45) is 11.8 Å².